The van der Waals surface area contributed by atoms with Gasteiger partial charge < -0.3 is 23.7 Å². The van der Waals surface area contributed by atoms with Crippen molar-refractivity contribution in [3.8, 4) is 0 Å². The summed E-state index contributed by atoms with van der Waals surface area (Å²) in [6.45, 7) is 8.16. The van der Waals surface area contributed by atoms with Gasteiger partial charge in [-0.1, -0.05) is 33.6 Å². The van der Waals surface area contributed by atoms with Gasteiger partial charge in [-0.2, -0.15) is 0 Å². The van der Waals surface area contributed by atoms with Crippen LogP contribution in [0, 0.1) is 51.8 Å². The van der Waals surface area contributed by atoms with Crippen LogP contribution in [0.5, 0.6) is 0 Å². The first kappa shape index (κ1) is 31.0. The molecule has 0 heterocycles. The van der Waals surface area contributed by atoms with E-state index in [0.29, 0.717) is 45.1 Å². The van der Waals surface area contributed by atoms with Crippen LogP contribution in [0.1, 0.15) is 110 Å². The third kappa shape index (κ3) is 6.36. The highest BCUT2D eigenvalue weighted by atomic mass is 16.6. The first-order valence-corrected chi connectivity index (χ1v) is 16.8. The Bertz CT molecular complexity index is 1160. The second-order valence-corrected chi connectivity index (χ2v) is 14.4. The smallest absolute Gasteiger partial charge is 0.323 e. The molecule has 0 radical (unpaired) electrons. The molecule has 0 saturated heterocycles. The highest BCUT2D eigenvalue weighted by Gasteiger charge is 2.67. The van der Waals surface area contributed by atoms with E-state index in [1.165, 1.54) is 0 Å². The van der Waals surface area contributed by atoms with E-state index in [9.17, 15) is 24.0 Å². The van der Waals surface area contributed by atoms with Gasteiger partial charge in [0.25, 0.3) is 19.4 Å². The second kappa shape index (κ2) is 14.4. The Morgan fingerprint density at radius 3 is 2.18 bits per heavy atom. The SMILES string of the molecule is [2H]C([2H])([2H])C(CCC[C@@H](C)[C@H]1CC[C@H]2[C@@H]3[C@H](OC=O)C[C@@H]4C[C@H](OC=O)CC[C@]4(C)[C@H]3C[C@H](OC=O)[C@]12C)(C(=O)OCC)C(=O)OCC. The van der Waals surface area contributed by atoms with Crippen LogP contribution in [0.25, 0.3) is 0 Å². The molecular formula is C35H54O10. The van der Waals surface area contributed by atoms with Crippen LogP contribution in [-0.4, -0.2) is 62.9 Å². The Morgan fingerprint density at radius 1 is 0.911 bits per heavy atom. The second-order valence-electron chi connectivity index (χ2n) is 14.4. The number of esters is 2. The normalized spacial score (nSPS) is 39.2. The van der Waals surface area contributed by atoms with E-state index in [1.807, 2.05) is 0 Å². The average molecular weight is 638 g/mol. The number of carbonyl (C=O) groups excluding carboxylic acids is 5. The van der Waals surface area contributed by atoms with Crippen LogP contribution in [0.4, 0.5) is 0 Å². The fraction of sp³-hybridized carbons (Fsp3) is 0.857. The Hall–Kier alpha value is -2.65. The van der Waals surface area contributed by atoms with Crippen LogP contribution in [0.3, 0.4) is 0 Å². The van der Waals surface area contributed by atoms with Crippen LogP contribution in [0.15, 0.2) is 0 Å². The van der Waals surface area contributed by atoms with Crippen molar-refractivity contribution in [3.63, 3.8) is 0 Å². The van der Waals surface area contributed by atoms with Gasteiger partial charge >= 0.3 is 11.9 Å². The van der Waals surface area contributed by atoms with Gasteiger partial charge in [0.05, 0.1) is 13.2 Å². The molecule has 0 unspecified atom stereocenters. The van der Waals surface area contributed by atoms with Gasteiger partial charge in [0.1, 0.15) is 18.3 Å². The van der Waals surface area contributed by atoms with Crippen molar-refractivity contribution in [2.75, 3.05) is 13.2 Å². The number of ether oxygens (including phenoxy) is 5. The molecule has 0 aromatic rings. The molecular weight excluding hydrogens is 580 g/mol. The Kier molecular flexibility index (Phi) is 9.92. The average Bonchev–Trinajstić information content (AvgIpc) is 3.38. The summed E-state index contributed by atoms with van der Waals surface area (Å²) in [5, 5.41) is 0. The maximum absolute atomic E-state index is 13.1. The van der Waals surface area contributed by atoms with Crippen molar-refractivity contribution in [1.29, 1.82) is 0 Å². The summed E-state index contributed by atoms with van der Waals surface area (Å²) in [5.41, 5.74) is -2.98. The monoisotopic (exact) mass is 637 g/mol. The lowest BCUT2D eigenvalue weighted by molar-refractivity contribution is -0.218. The quantitative estimate of drug-likeness (QED) is 0.0991. The van der Waals surface area contributed by atoms with E-state index in [-0.39, 0.29) is 85.3 Å². The van der Waals surface area contributed by atoms with Gasteiger partial charge in [0.15, 0.2) is 5.41 Å². The number of fused-ring (bicyclic) bond motifs is 5. The van der Waals surface area contributed by atoms with E-state index < -0.39 is 29.6 Å². The van der Waals surface area contributed by atoms with Crippen molar-refractivity contribution in [2.24, 2.45) is 51.8 Å². The molecule has 4 aliphatic rings. The fourth-order valence-electron chi connectivity index (χ4n) is 10.4. The van der Waals surface area contributed by atoms with Gasteiger partial charge in [-0.25, -0.2) is 0 Å². The zero-order valence-corrected chi connectivity index (χ0v) is 27.5. The van der Waals surface area contributed by atoms with E-state index in [1.54, 1.807) is 13.8 Å². The summed E-state index contributed by atoms with van der Waals surface area (Å²) >= 11 is 0. The zero-order valence-electron chi connectivity index (χ0n) is 30.5. The van der Waals surface area contributed by atoms with Crippen LogP contribution in [-0.2, 0) is 47.7 Å². The molecule has 0 N–H and O–H groups in total. The first-order valence-electron chi connectivity index (χ1n) is 18.3. The van der Waals surface area contributed by atoms with Crippen molar-refractivity contribution in [1.82, 2.24) is 0 Å². The lowest BCUT2D eigenvalue weighted by Gasteiger charge is -2.64. The van der Waals surface area contributed by atoms with Crippen LogP contribution < -0.4 is 0 Å². The predicted molar refractivity (Wildman–Crippen MR) is 163 cm³/mol. The number of hydrogen-bond acceptors (Lipinski definition) is 10. The van der Waals surface area contributed by atoms with Gasteiger partial charge in [-0.3, -0.25) is 24.0 Å². The van der Waals surface area contributed by atoms with Crippen molar-refractivity contribution >= 4 is 31.4 Å². The molecule has 4 saturated carbocycles. The summed E-state index contributed by atoms with van der Waals surface area (Å²) in [4.78, 5) is 61.2. The molecule has 0 aromatic carbocycles. The van der Waals surface area contributed by atoms with E-state index in [4.69, 9.17) is 27.8 Å². The fourth-order valence-corrected chi connectivity index (χ4v) is 10.4. The minimum atomic E-state index is -2.97. The standard InChI is InChI=1S/C35H54O10/c1-7-41-31(39)34(5,32(40)42-8-2)14-9-10-22(3)25-11-12-26-30-27(18-29(45-21-38)35(25,26)6)33(4)15-13-24(43-19-36)16-23(33)17-28(30)44-20-37/h19-30H,7-18H2,1-6H3/t22-,23+,24-,25-,26+,27+,28-,29+,30+,33+,35-/m1/s1/i5D3. The van der Waals surface area contributed by atoms with E-state index in [0.717, 1.165) is 25.7 Å². The molecule has 45 heavy (non-hydrogen) atoms. The van der Waals surface area contributed by atoms with Crippen molar-refractivity contribution < 1.29 is 51.8 Å². The highest BCUT2D eigenvalue weighted by molar-refractivity contribution is 5.99. The van der Waals surface area contributed by atoms with Gasteiger partial charge in [-0.15, -0.1) is 0 Å². The molecule has 0 aromatic heterocycles. The molecule has 0 aliphatic heterocycles. The summed E-state index contributed by atoms with van der Waals surface area (Å²) in [7, 11) is 0. The highest BCUT2D eigenvalue weighted by Crippen LogP contribution is 2.69. The Balaban J connectivity index is 1.61. The molecule has 4 fully saturated rings. The van der Waals surface area contributed by atoms with Crippen LogP contribution in [0.2, 0.25) is 0 Å². The summed E-state index contributed by atoms with van der Waals surface area (Å²) in [6.07, 6.45) is 4.99. The minimum Gasteiger partial charge on any atom is -0.465 e. The molecule has 4 rings (SSSR count). The van der Waals surface area contributed by atoms with Crippen LogP contribution >= 0.6 is 0 Å². The minimum absolute atomic E-state index is 0.0290. The largest absolute Gasteiger partial charge is 0.465 e. The van der Waals surface area contributed by atoms with Gasteiger partial charge in [0.2, 0.25) is 0 Å². The summed E-state index contributed by atoms with van der Waals surface area (Å²) in [6, 6.07) is 0. The van der Waals surface area contributed by atoms with Gasteiger partial charge in [0, 0.05) is 15.4 Å². The molecule has 11 atom stereocenters. The lowest BCUT2D eigenvalue weighted by atomic mass is 9.43. The lowest BCUT2D eigenvalue weighted by Crippen LogP contribution is -2.63. The molecule has 0 bridgehead atoms. The zero-order chi connectivity index (χ0) is 35.5. The number of rotatable bonds is 15. The maximum Gasteiger partial charge on any atom is 0.323 e. The molecule has 10 heteroatoms. The number of hydrogen-bond donors (Lipinski definition) is 0. The topological polar surface area (TPSA) is 132 Å². The van der Waals surface area contributed by atoms with Gasteiger partial charge in [-0.05, 0) is 107 Å². The number of carbonyl (C=O) groups is 5. The molecule has 254 valence electrons. The van der Waals surface area contributed by atoms with Crippen molar-refractivity contribution in [3.05, 3.63) is 0 Å². The van der Waals surface area contributed by atoms with Crippen molar-refractivity contribution in [2.45, 2.75) is 124 Å². The third-order valence-corrected chi connectivity index (χ3v) is 12.6. The molecule has 10 nitrogen and oxygen atoms in total. The molecule has 0 amide bonds. The first-order chi connectivity index (χ1) is 22.7. The Labute approximate surface area is 272 Å². The maximum atomic E-state index is 13.1. The molecule has 4 aliphatic carbocycles. The summed E-state index contributed by atoms with van der Waals surface area (Å²) in [5.74, 6) is -1.62. The predicted octanol–water partition coefficient (Wildman–Crippen LogP) is 5.43. The van der Waals surface area contributed by atoms with E-state index in [2.05, 4.69) is 20.8 Å². The molecule has 0 spiro atoms. The third-order valence-electron chi connectivity index (χ3n) is 12.6. The van der Waals surface area contributed by atoms with E-state index >= 15 is 0 Å². The summed E-state index contributed by atoms with van der Waals surface area (Å²) < 4.78 is 52.1. The Morgan fingerprint density at radius 2 is 1.58 bits per heavy atom.